The van der Waals surface area contributed by atoms with Crippen molar-refractivity contribution in [2.24, 2.45) is 5.73 Å². The van der Waals surface area contributed by atoms with Crippen LogP contribution in [0.5, 0.6) is 0 Å². The van der Waals surface area contributed by atoms with Crippen LogP contribution in [0.25, 0.3) is 0 Å². The molecule has 1 saturated carbocycles. The molecular formula is C14H22ClN3. The lowest BCUT2D eigenvalue weighted by Crippen LogP contribution is -2.32. The lowest BCUT2D eigenvalue weighted by molar-refractivity contribution is 0.548. The molecular weight excluding hydrogens is 246 g/mol. The van der Waals surface area contributed by atoms with Gasteiger partial charge in [0.2, 0.25) is 0 Å². The fourth-order valence-corrected chi connectivity index (χ4v) is 2.83. The highest BCUT2D eigenvalue weighted by Crippen LogP contribution is 2.26. The maximum Gasteiger partial charge on any atom is 0.128 e. The maximum atomic E-state index is 6.05. The van der Waals surface area contributed by atoms with Gasteiger partial charge in [-0.1, -0.05) is 37.3 Å². The van der Waals surface area contributed by atoms with Crippen molar-refractivity contribution in [1.82, 2.24) is 4.98 Å². The average Bonchev–Trinajstić information content (AvgIpc) is 2.67. The quantitative estimate of drug-likeness (QED) is 0.854. The molecule has 0 unspecified atom stereocenters. The first-order valence-electron chi connectivity index (χ1n) is 6.80. The normalized spacial score (nSPS) is 17.5. The summed E-state index contributed by atoms with van der Waals surface area (Å²) < 4.78 is 0. The van der Waals surface area contributed by atoms with Crippen LogP contribution in [0.1, 0.15) is 44.2 Å². The van der Waals surface area contributed by atoms with Gasteiger partial charge in [-0.3, -0.25) is 0 Å². The lowest BCUT2D eigenvalue weighted by atomic mass is 10.1. The molecule has 0 bridgehead atoms. The van der Waals surface area contributed by atoms with Crippen LogP contribution in [0.4, 0.5) is 5.82 Å². The fraction of sp³-hybridized carbons (Fsp3) is 0.643. The zero-order valence-corrected chi connectivity index (χ0v) is 11.8. The lowest BCUT2D eigenvalue weighted by Gasteiger charge is -2.28. The van der Waals surface area contributed by atoms with E-state index in [0.717, 1.165) is 11.5 Å². The summed E-state index contributed by atoms with van der Waals surface area (Å²) in [5.74, 6) is 0.992. The SMILES string of the molecule is CN(c1ccc(Cl)c(CN)n1)C1CCCCCC1. The Kier molecular flexibility index (Phi) is 4.84. The Balaban J connectivity index is 2.13. The van der Waals surface area contributed by atoms with E-state index in [4.69, 9.17) is 17.3 Å². The van der Waals surface area contributed by atoms with Gasteiger partial charge in [0.15, 0.2) is 0 Å². The Morgan fingerprint density at radius 2 is 1.94 bits per heavy atom. The standard InChI is InChI=1S/C14H22ClN3/c1-18(11-6-4-2-3-5-7-11)14-9-8-12(15)13(10-16)17-14/h8-9,11H,2-7,10,16H2,1H3. The molecule has 1 aliphatic carbocycles. The van der Waals surface area contributed by atoms with Gasteiger partial charge in [-0.25, -0.2) is 4.98 Å². The van der Waals surface area contributed by atoms with E-state index in [2.05, 4.69) is 16.9 Å². The zero-order chi connectivity index (χ0) is 13.0. The largest absolute Gasteiger partial charge is 0.357 e. The van der Waals surface area contributed by atoms with Gasteiger partial charge < -0.3 is 10.6 Å². The number of nitrogens with two attached hydrogens (primary N) is 1. The molecule has 0 spiro atoms. The number of hydrogen-bond donors (Lipinski definition) is 1. The van der Waals surface area contributed by atoms with Crippen molar-refractivity contribution < 1.29 is 0 Å². The fourth-order valence-electron chi connectivity index (χ4n) is 2.64. The molecule has 1 aromatic heterocycles. The number of hydrogen-bond acceptors (Lipinski definition) is 3. The second kappa shape index (κ2) is 6.39. The molecule has 1 fully saturated rings. The summed E-state index contributed by atoms with van der Waals surface area (Å²) in [6.07, 6.45) is 7.91. The number of nitrogens with zero attached hydrogens (tertiary/aromatic N) is 2. The van der Waals surface area contributed by atoms with Crippen LogP contribution in [0.15, 0.2) is 12.1 Å². The van der Waals surface area contributed by atoms with E-state index in [1.54, 1.807) is 0 Å². The Morgan fingerprint density at radius 3 is 2.56 bits per heavy atom. The van der Waals surface area contributed by atoms with Crippen molar-refractivity contribution in [2.75, 3.05) is 11.9 Å². The molecule has 0 radical (unpaired) electrons. The molecule has 0 aromatic carbocycles. The van der Waals surface area contributed by atoms with Gasteiger partial charge in [0.25, 0.3) is 0 Å². The molecule has 0 saturated heterocycles. The van der Waals surface area contributed by atoms with E-state index in [9.17, 15) is 0 Å². The molecule has 0 aliphatic heterocycles. The van der Waals surface area contributed by atoms with Crippen LogP contribution in [0, 0.1) is 0 Å². The first-order valence-corrected chi connectivity index (χ1v) is 7.18. The number of rotatable bonds is 3. The van der Waals surface area contributed by atoms with E-state index < -0.39 is 0 Å². The van der Waals surface area contributed by atoms with Crippen molar-refractivity contribution in [1.29, 1.82) is 0 Å². The van der Waals surface area contributed by atoms with Gasteiger partial charge in [-0.05, 0) is 25.0 Å². The van der Waals surface area contributed by atoms with Gasteiger partial charge >= 0.3 is 0 Å². The number of aromatic nitrogens is 1. The van der Waals surface area contributed by atoms with Gasteiger partial charge in [-0.15, -0.1) is 0 Å². The van der Waals surface area contributed by atoms with Crippen LogP contribution >= 0.6 is 11.6 Å². The smallest absolute Gasteiger partial charge is 0.128 e. The predicted molar refractivity (Wildman–Crippen MR) is 77.0 cm³/mol. The summed E-state index contributed by atoms with van der Waals surface area (Å²) in [5.41, 5.74) is 6.44. The third kappa shape index (κ3) is 3.15. The topological polar surface area (TPSA) is 42.1 Å². The molecule has 0 amide bonds. The van der Waals surface area contributed by atoms with Crippen LogP contribution in [0.3, 0.4) is 0 Å². The monoisotopic (exact) mass is 267 g/mol. The van der Waals surface area contributed by atoms with Crippen LogP contribution in [0.2, 0.25) is 5.02 Å². The first kappa shape index (κ1) is 13.6. The third-order valence-corrected chi connectivity index (χ3v) is 4.18. The van der Waals surface area contributed by atoms with E-state index in [-0.39, 0.29) is 0 Å². The summed E-state index contributed by atoms with van der Waals surface area (Å²) in [7, 11) is 2.13. The van der Waals surface area contributed by atoms with E-state index in [1.165, 1.54) is 38.5 Å². The molecule has 1 aliphatic rings. The van der Waals surface area contributed by atoms with Crippen LogP contribution in [-0.2, 0) is 6.54 Å². The number of pyridine rings is 1. The minimum atomic E-state index is 0.394. The first-order chi connectivity index (χ1) is 8.72. The maximum absolute atomic E-state index is 6.05. The molecule has 3 nitrogen and oxygen atoms in total. The van der Waals surface area contributed by atoms with Gasteiger partial charge in [-0.2, -0.15) is 0 Å². The van der Waals surface area contributed by atoms with Crippen molar-refractivity contribution >= 4 is 17.4 Å². The van der Waals surface area contributed by atoms with Crippen molar-refractivity contribution in [3.05, 3.63) is 22.8 Å². The second-order valence-corrected chi connectivity index (χ2v) is 5.47. The zero-order valence-electron chi connectivity index (χ0n) is 11.0. The predicted octanol–water partition coefficient (Wildman–Crippen LogP) is 3.35. The molecule has 2 rings (SSSR count). The Hall–Kier alpha value is -0.800. The average molecular weight is 268 g/mol. The van der Waals surface area contributed by atoms with E-state index in [1.807, 2.05) is 12.1 Å². The molecule has 0 atom stereocenters. The highest BCUT2D eigenvalue weighted by atomic mass is 35.5. The highest BCUT2D eigenvalue weighted by Gasteiger charge is 2.18. The summed E-state index contributed by atoms with van der Waals surface area (Å²) in [5, 5.41) is 0.663. The number of halogens is 1. The summed E-state index contributed by atoms with van der Waals surface area (Å²) >= 11 is 6.05. The van der Waals surface area contributed by atoms with Crippen molar-refractivity contribution in [3.63, 3.8) is 0 Å². The molecule has 1 aromatic rings. The van der Waals surface area contributed by atoms with Crippen LogP contribution < -0.4 is 10.6 Å². The van der Waals surface area contributed by atoms with Crippen molar-refractivity contribution in [3.8, 4) is 0 Å². The third-order valence-electron chi connectivity index (χ3n) is 3.83. The van der Waals surface area contributed by atoms with E-state index in [0.29, 0.717) is 17.6 Å². The Labute approximate surface area is 114 Å². The molecule has 100 valence electrons. The molecule has 4 heteroatoms. The van der Waals surface area contributed by atoms with E-state index >= 15 is 0 Å². The molecule has 2 N–H and O–H groups in total. The summed E-state index contributed by atoms with van der Waals surface area (Å²) in [6, 6.07) is 4.50. The molecule has 18 heavy (non-hydrogen) atoms. The minimum Gasteiger partial charge on any atom is -0.357 e. The molecule has 1 heterocycles. The second-order valence-electron chi connectivity index (χ2n) is 5.06. The number of anilines is 1. The summed E-state index contributed by atoms with van der Waals surface area (Å²) in [4.78, 5) is 6.86. The van der Waals surface area contributed by atoms with Gasteiger partial charge in [0.1, 0.15) is 5.82 Å². The highest BCUT2D eigenvalue weighted by molar-refractivity contribution is 6.31. The summed E-state index contributed by atoms with van der Waals surface area (Å²) in [6.45, 7) is 0.394. The Morgan fingerprint density at radius 1 is 1.28 bits per heavy atom. The van der Waals surface area contributed by atoms with Gasteiger partial charge in [0, 0.05) is 19.6 Å². The Bertz CT molecular complexity index is 387. The van der Waals surface area contributed by atoms with Crippen molar-refractivity contribution in [2.45, 2.75) is 51.1 Å². The van der Waals surface area contributed by atoms with Gasteiger partial charge in [0.05, 0.1) is 10.7 Å². The van der Waals surface area contributed by atoms with Crippen LogP contribution in [-0.4, -0.2) is 18.1 Å². The minimum absolute atomic E-state index is 0.394.